The van der Waals surface area contributed by atoms with Gasteiger partial charge in [0.1, 0.15) is 0 Å². The van der Waals surface area contributed by atoms with Gasteiger partial charge in [0.05, 0.1) is 0 Å². The maximum absolute atomic E-state index is 2.80. The molecular weight excluding hydrogens is 505 g/mol. The molecule has 0 N–H and O–H groups in total. The van der Waals surface area contributed by atoms with Gasteiger partial charge >= 0.3 is 0 Å². The SMILES string of the molecule is Cc1c(C([Si](C)(C)C)[Si](C)(C)C)cc(C([Si](C)(C)C)[Si](C)(C)C)cc1C([Si](C)(C)C)[Si](C)(C)C. The van der Waals surface area contributed by atoms with Crippen LogP contribution in [0.2, 0.25) is 118 Å². The van der Waals surface area contributed by atoms with E-state index in [1.807, 2.05) is 0 Å². The van der Waals surface area contributed by atoms with E-state index in [0.717, 1.165) is 15.5 Å². The van der Waals surface area contributed by atoms with Gasteiger partial charge in [-0.3, -0.25) is 0 Å². The summed E-state index contributed by atoms with van der Waals surface area (Å²) in [6.07, 6.45) is 0. The zero-order valence-electron chi connectivity index (χ0n) is 26.9. The fraction of sp³-hybridized carbons (Fsp3) is 0.786. The molecule has 0 nitrogen and oxygen atoms in total. The average Bonchev–Trinajstić information content (AvgIpc) is 2.42. The van der Waals surface area contributed by atoms with Gasteiger partial charge in [-0.05, 0) is 44.7 Å². The molecule has 0 bridgehead atoms. The molecule has 0 fully saturated rings. The van der Waals surface area contributed by atoms with Crippen molar-refractivity contribution >= 4 is 48.4 Å². The lowest BCUT2D eigenvalue weighted by atomic mass is 10.0. The lowest BCUT2D eigenvalue weighted by Gasteiger charge is -2.45. The molecular formula is C28H62Si6. The zero-order chi connectivity index (χ0) is 27.5. The summed E-state index contributed by atoms with van der Waals surface area (Å²) in [6.45, 7) is 50.1. The Hall–Kier alpha value is 0.521. The van der Waals surface area contributed by atoms with Gasteiger partial charge in [0.25, 0.3) is 0 Å². The first-order valence-corrected chi connectivity index (χ1v) is 35.2. The lowest BCUT2D eigenvalue weighted by molar-refractivity contribution is 1.05. The van der Waals surface area contributed by atoms with Crippen molar-refractivity contribution in [3.8, 4) is 0 Å². The molecule has 0 radical (unpaired) electrons. The summed E-state index contributed by atoms with van der Waals surface area (Å²) < 4.78 is 0. The third-order valence-corrected chi connectivity index (χ3v) is 35.6. The largest absolute Gasteiger partial charge is 0.0693 e. The van der Waals surface area contributed by atoms with Crippen LogP contribution in [0.15, 0.2) is 12.1 Å². The summed E-state index contributed by atoms with van der Waals surface area (Å²) in [7, 11) is -8.29. The molecule has 0 atom stereocenters. The van der Waals surface area contributed by atoms with Crippen molar-refractivity contribution in [3.63, 3.8) is 0 Å². The predicted octanol–water partition coefficient (Wildman–Crippen LogP) is 10.5. The minimum atomic E-state index is -1.39. The molecule has 198 valence electrons. The van der Waals surface area contributed by atoms with Crippen LogP contribution < -0.4 is 0 Å². The fourth-order valence-electron chi connectivity index (χ4n) is 8.31. The first kappa shape index (κ1) is 32.6. The monoisotopic (exact) mass is 566 g/mol. The van der Waals surface area contributed by atoms with E-state index >= 15 is 0 Å². The summed E-state index contributed by atoms with van der Waals surface area (Å²) >= 11 is 0. The maximum atomic E-state index is 2.80. The third-order valence-electron chi connectivity index (χ3n) is 7.66. The molecule has 6 heteroatoms. The smallest absolute Gasteiger partial charge is 0.0493 e. The molecule has 0 aliphatic rings. The fourth-order valence-corrected chi connectivity index (χ4v) is 46.8. The van der Waals surface area contributed by atoms with E-state index in [2.05, 4.69) is 137 Å². The van der Waals surface area contributed by atoms with E-state index in [4.69, 9.17) is 0 Å². The molecule has 0 amide bonds. The molecule has 34 heavy (non-hydrogen) atoms. The van der Waals surface area contributed by atoms with Crippen molar-refractivity contribution in [1.29, 1.82) is 0 Å². The van der Waals surface area contributed by atoms with Gasteiger partial charge in [0.15, 0.2) is 0 Å². The highest BCUT2D eigenvalue weighted by Crippen LogP contribution is 2.46. The van der Waals surface area contributed by atoms with Crippen LogP contribution in [0.3, 0.4) is 0 Å². The number of hydrogen-bond acceptors (Lipinski definition) is 0. The van der Waals surface area contributed by atoms with Gasteiger partial charge in [-0.2, -0.15) is 0 Å². The first-order chi connectivity index (χ1) is 14.6. The Morgan fingerprint density at radius 3 is 0.765 bits per heavy atom. The van der Waals surface area contributed by atoms with Crippen LogP contribution >= 0.6 is 0 Å². The van der Waals surface area contributed by atoms with Crippen molar-refractivity contribution in [3.05, 3.63) is 34.4 Å². The van der Waals surface area contributed by atoms with Gasteiger partial charge in [0.2, 0.25) is 0 Å². The Balaban J connectivity index is 4.31. The second-order valence-electron chi connectivity index (χ2n) is 17.8. The van der Waals surface area contributed by atoms with Crippen LogP contribution in [0, 0.1) is 6.92 Å². The van der Waals surface area contributed by atoms with Crippen LogP contribution in [0.5, 0.6) is 0 Å². The molecule has 0 aliphatic heterocycles. The Kier molecular flexibility index (Phi) is 9.58. The van der Waals surface area contributed by atoms with Crippen LogP contribution in [0.4, 0.5) is 0 Å². The molecule has 0 saturated heterocycles. The highest BCUT2D eigenvalue weighted by molar-refractivity contribution is 6.97. The van der Waals surface area contributed by atoms with Crippen LogP contribution in [0.25, 0.3) is 0 Å². The van der Waals surface area contributed by atoms with Gasteiger partial charge in [-0.25, -0.2) is 0 Å². The second kappa shape index (κ2) is 10.0. The third kappa shape index (κ3) is 7.76. The topological polar surface area (TPSA) is 0 Å². The van der Waals surface area contributed by atoms with E-state index in [-0.39, 0.29) is 0 Å². The van der Waals surface area contributed by atoms with Crippen molar-refractivity contribution in [2.75, 3.05) is 0 Å². The minimum Gasteiger partial charge on any atom is -0.0693 e. The molecule has 0 heterocycles. The molecule has 0 aliphatic carbocycles. The van der Waals surface area contributed by atoms with E-state index < -0.39 is 48.4 Å². The molecule has 1 aromatic rings. The second-order valence-corrected chi connectivity index (χ2v) is 51.4. The quantitative estimate of drug-likeness (QED) is 0.261. The highest BCUT2D eigenvalue weighted by atomic mass is 28.4. The number of benzene rings is 1. The van der Waals surface area contributed by atoms with Crippen molar-refractivity contribution in [2.45, 2.75) is 140 Å². The molecule has 1 aromatic carbocycles. The van der Waals surface area contributed by atoms with Gasteiger partial charge < -0.3 is 0 Å². The summed E-state index contributed by atoms with van der Waals surface area (Å²) in [5, 5.41) is 2.43. The molecule has 0 aromatic heterocycles. The van der Waals surface area contributed by atoms with Gasteiger partial charge in [-0.15, -0.1) is 0 Å². The highest BCUT2D eigenvalue weighted by Gasteiger charge is 2.45. The molecule has 0 unspecified atom stereocenters. The maximum Gasteiger partial charge on any atom is 0.0493 e. The lowest BCUT2D eigenvalue weighted by Crippen LogP contribution is -2.50. The average molecular weight is 567 g/mol. The Bertz CT molecular complexity index is 751. The van der Waals surface area contributed by atoms with E-state index in [1.54, 1.807) is 22.3 Å². The zero-order valence-corrected chi connectivity index (χ0v) is 32.9. The summed E-state index contributed by atoms with van der Waals surface area (Å²) in [4.78, 5) is 0. The van der Waals surface area contributed by atoms with E-state index in [1.165, 1.54) is 0 Å². The Labute approximate surface area is 222 Å². The van der Waals surface area contributed by atoms with Crippen molar-refractivity contribution in [2.24, 2.45) is 0 Å². The minimum absolute atomic E-state index is 0.811. The Morgan fingerprint density at radius 2 is 0.588 bits per heavy atom. The summed E-state index contributed by atoms with van der Waals surface area (Å²) in [5.74, 6) is 0. The van der Waals surface area contributed by atoms with Gasteiger partial charge in [-0.1, -0.05) is 130 Å². The predicted molar refractivity (Wildman–Crippen MR) is 179 cm³/mol. The number of hydrogen-bond donors (Lipinski definition) is 0. The van der Waals surface area contributed by atoms with Gasteiger partial charge in [0, 0.05) is 48.4 Å². The van der Waals surface area contributed by atoms with E-state index in [9.17, 15) is 0 Å². The molecule has 1 rings (SSSR count). The van der Waals surface area contributed by atoms with Crippen molar-refractivity contribution in [1.82, 2.24) is 0 Å². The van der Waals surface area contributed by atoms with Crippen molar-refractivity contribution < 1.29 is 0 Å². The molecule has 0 spiro atoms. The molecule has 0 saturated carbocycles. The standard InChI is InChI=1S/C28H62Si6/c1-22-24(27(31(8,9)10)32(11,12)13)20-23(26(29(2,3)4)30(5,6)7)21-25(22)28(33(14,15)16)34(17,18)19/h20-21,26-28H,1-19H3. The first-order valence-electron chi connectivity index (χ1n) is 13.8. The van der Waals surface area contributed by atoms with Crippen LogP contribution in [0.1, 0.15) is 37.7 Å². The summed E-state index contributed by atoms with van der Waals surface area (Å²) in [6, 6.07) is 5.60. The number of rotatable bonds is 9. The normalized spacial score (nSPS) is 15.1. The summed E-state index contributed by atoms with van der Waals surface area (Å²) in [5.41, 5.74) is 7.01. The Morgan fingerprint density at radius 1 is 0.382 bits per heavy atom. The van der Waals surface area contributed by atoms with Crippen LogP contribution in [-0.4, -0.2) is 48.4 Å². The van der Waals surface area contributed by atoms with E-state index in [0.29, 0.717) is 0 Å². The van der Waals surface area contributed by atoms with Crippen LogP contribution in [-0.2, 0) is 0 Å².